The van der Waals surface area contributed by atoms with Crippen molar-refractivity contribution in [1.82, 2.24) is 14.8 Å². The highest BCUT2D eigenvalue weighted by Crippen LogP contribution is 2.15. The lowest BCUT2D eigenvalue weighted by Gasteiger charge is -2.11. The van der Waals surface area contributed by atoms with Gasteiger partial charge in [0.05, 0.1) is 12.6 Å². The molecule has 3 N–H and O–H groups in total. The highest BCUT2D eigenvalue weighted by atomic mass is 16.2. The summed E-state index contributed by atoms with van der Waals surface area (Å²) in [6, 6.07) is 6.93. The molecule has 0 fully saturated rings. The van der Waals surface area contributed by atoms with Crippen LogP contribution in [0.2, 0.25) is 0 Å². The number of nitrogens with zero attached hydrogens (tertiary/aromatic N) is 1. The van der Waals surface area contributed by atoms with Crippen LogP contribution in [0.25, 0.3) is 0 Å². The van der Waals surface area contributed by atoms with Crippen LogP contribution in [0.15, 0.2) is 33.9 Å². The van der Waals surface area contributed by atoms with Crippen LogP contribution in [0.3, 0.4) is 0 Å². The Kier molecular flexibility index (Phi) is 4.23. The minimum absolute atomic E-state index is 0.0250. The molecule has 6 nitrogen and oxygen atoms in total. The molecule has 0 bridgehead atoms. The number of H-pyrrole nitrogens is 2. The van der Waals surface area contributed by atoms with E-state index in [4.69, 9.17) is 5.11 Å². The van der Waals surface area contributed by atoms with Crippen molar-refractivity contribution in [1.29, 1.82) is 0 Å². The van der Waals surface area contributed by atoms with Gasteiger partial charge < -0.3 is 5.11 Å². The first-order chi connectivity index (χ1) is 9.63. The summed E-state index contributed by atoms with van der Waals surface area (Å²) in [5.74, 6) is 5.76. The molecule has 1 unspecified atom stereocenters. The Morgan fingerprint density at radius 3 is 2.65 bits per heavy atom. The monoisotopic (exact) mass is 273 g/mol. The molecule has 1 atom stereocenters. The summed E-state index contributed by atoms with van der Waals surface area (Å²) in [6.45, 7) is 1.79. The third-order valence-corrected chi connectivity index (χ3v) is 2.94. The second-order valence-electron chi connectivity index (χ2n) is 4.31. The van der Waals surface area contributed by atoms with Crippen LogP contribution in [0.5, 0.6) is 0 Å². The zero-order valence-corrected chi connectivity index (χ0v) is 11.0. The summed E-state index contributed by atoms with van der Waals surface area (Å²) in [5.41, 5.74) is 0.648. The zero-order chi connectivity index (χ0) is 14.5. The maximum atomic E-state index is 11.6. The minimum atomic E-state index is -0.473. The van der Waals surface area contributed by atoms with Crippen molar-refractivity contribution in [2.24, 2.45) is 0 Å². The number of aliphatic hydroxyl groups excluding tert-OH is 1. The van der Waals surface area contributed by atoms with E-state index in [1.165, 1.54) is 0 Å². The lowest BCUT2D eigenvalue weighted by Crippen LogP contribution is -2.30. The molecule has 0 amide bonds. The minimum Gasteiger partial charge on any atom is -0.395 e. The van der Waals surface area contributed by atoms with Crippen molar-refractivity contribution < 1.29 is 5.11 Å². The molecule has 2 rings (SSSR count). The lowest BCUT2D eigenvalue weighted by atomic mass is 10.1. The summed E-state index contributed by atoms with van der Waals surface area (Å²) in [6.07, 6.45) is 0.413. The van der Waals surface area contributed by atoms with E-state index < -0.39 is 17.4 Å². The van der Waals surface area contributed by atoms with E-state index in [-0.39, 0.29) is 6.61 Å². The molecule has 0 saturated heterocycles. The van der Waals surface area contributed by atoms with Crippen LogP contribution in [-0.2, 0) is 0 Å². The highest BCUT2D eigenvalue weighted by Gasteiger charge is 2.13. The fraction of sp³-hybridized carbons (Fsp3) is 0.286. The maximum Gasteiger partial charge on any atom is 0.344 e. The van der Waals surface area contributed by atoms with Gasteiger partial charge >= 0.3 is 11.4 Å². The average molecular weight is 273 g/mol. The maximum absolute atomic E-state index is 11.6. The SMILES string of the molecule is CC(c1cccc(C#CCCO)c1)n1c(=O)[nH][nH]c1=O. The predicted octanol–water partition coefficient (Wildman–Crippen LogP) is 0.208. The third-order valence-electron chi connectivity index (χ3n) is 2.94. The second-order valence-corrected chi connectivity index (χ2v) is 4.31. The standard InChI is InChI=1S/C14H15N3O3/c1-10(17-13(19)15-16-14(17)20)12-7-4-6-11(9-12)5-2-3-8-18/h4,6-7,9-10,18H,3,8H2,1H3,(H,15,19)(H,16,20). The molecule has 1 heterocycles. The smallest absolute Gasteiger partial charge is 0.344 e. The van der Waals surface area contributed by atoms with Gasteiger partial charge in [-0.3, -0.25) is 0 Å². The first-order valence-electron chi connectivity index (χ1n) is 6.22. The van der Waals surface area contributed by atoms with E-state index >= 15 is 0 Å². The largest absolute Gasteiger partial charge is 0.395 e. The molecular formula is C14H15N3O3. The number of nitrogens with one attached hydrogen (secondary N) is 2. The van der Waals surface area contributed by atoms with E-state index in [0.717, 1.165) is 15.7 Å². The van der Waals surface area contributed by atoms with Crippen LogP contribution >= 0.6 is 0 Å². The molecule has 104 valence electrons. The van der Waals surface area contributed by atoms with E-state index in [1.807, 2.05) is 24.3 Å². The number of aromatic nitrogens is 3. The average Bonchev–Trinajstić information content (AvgIpc) is 2.78. The number of hydrogen-bond donors (Lipinski definition) is 3. The molecule has 1 aromatic carbocycles. The van der Waals surface area contributed by atoms with Crippen molar-refractivity contribution in [2.75, 3.05) is 6.61 Å². The number of aromatic amines is 2. The Labute approximate surface area is 115 Å². The highest BCUT2D eigenvalue weighted by molar-refractivity contribution is 5.38. The Bertz CT molecular complexity index is 730. The molecule has 0 aliphatic carbocycles. The van der Waals surface area contributed by atoms with Gasteiger partial charge in [-0.1, -0.05) is 24.0 Å². The van der Waals surface area contributed by atoms with E-state index in [0.29, 0.717) is 6.42 Å². The topological polar surface area (TPSA) is 90.9 Å². The first kappa shape index (κ1) is 13.9. The van der Waals surface area contributed by atoms with Crippen molar-refractivity contribution in [2.45, 2.75) is 19.4 Å². The fourth-order valence-corrected chi connectivity index (χ4v) is 1.92. The lowest BCUT2D eigenvalue weighted by molar-refractivity contribution is 0.305. The van der Waals surface area contributed by atoms with Gasteiger partial charge in [-0.2, -0.15) is 0 Å². The van der Waals surface area contributed by atoms with Crippen molar-refractivity contribution in [3.8, 4) is 11.8 Å². The fourth-order valence-electron chi connectivity index (χ4n) is 1.92. The number of benzene rings is 1. The number of aliphatic hydroxyl groups is 1. The van der Waals surface area contributed by atoms with Crippen LogP contribution < -0.4 is 11.4 Å². The summed E-state index contributed by atoms with van der Waals surface area (Å²) >= 11 is 0. The molecule has 1 aromatic heterocycles. The molecule has 0 aliphatic rings. The third kappa shape index (κ3) is 2.90. The molecule has 6 heteroatoms. The van der Waals surface area contributed by atoms with Gasteiger partial charge in [-0.05, 0) is 24.6 Å². The van der Waals surface area contributed by atoms with Gasteiger partial charge in [0, 0.05) is 12.0 Å². The van der Waals surface area contributed by atoms with Crippen molar-refractivity contribution in [3.05, 3.63) is 56.4 Å². The van der Waals surface area contributed by atoms with Gasteiger partial charge in [0.15, 0.2) is 0 Å². The van der Waals surface area contributed by atoms with Gasteiger partial charge in [0.25, 0.3) is 0 Å². The second kappa shape index (κ2) is 6.08. The quantitative estimate of drug-likeness (QED) is 0.698. The molecular weight excluding hydrogens is 258 g/mol. The Hall–Kier alpha value is -2.52. The molecule has 0 radical (unpaired) electrons. The van der Waals surface area contributed by atoms with Crippen LogP contribution in [0.4, 0.5) is 0 Å². The summed E-state index contributed by atoms with van der Waals surface area (Å²) in [4.78, 5) is 23.1. The first-order valence-corrected chi connectivity index (χ1v) is 6.22. The van der Waals surface area contributed by atoms with Gasteiger partial charge in [-0.15, -0.1) is 0 Å². The molecule has 2 aromatic rings. The van der Waals surface area contributed by atoms with Gasteiger partial charge in [0.1, 0.15) is 0 Å². The van der Waals surface area contributed by atoms with Crippen molar-refractivity contribution >= 4 is 0 Å². The molecule has 20 heavy (non-hydrogen) atoms. The van der Waals surface area contributed by atoms with Gasteiger partial charge in [-0.25, -0.2) is 24.4 Å². The Morgan fingerprint density at radius 1 is 1.30 bits per heavy atom. The van der Waals surface area contributed by atoms with E-state index in [2.05, 4.69) is 22.0 Å². The van der Waals surface area contributed by atoms with Crippen LogP contribution in [0.1, 0.15) is 30.5 Å². The molecule has 0 saturated carbocycles. The van der Waals surface area contributed by atoms with Crippen LogP contribution in [0, 0.1) is 11.8 Å². The van der Waals surface area contributed by atoms with Crippen molar-refractivity contribution in [3.63, 3.8) is 0 Å². The van der Waals surface area contributed by atoms with E-state index in [1.54, 1.807) is 6.92 Å². The zero-order valence-electron chi connectivity index (χ0n) is 11.0. The molecule has 0 spiro atoms. The van der Waals surface area contributed by atoms with Crippen LogP contribution in [-0.4, -0.2) is 26.5 Å². The predicted molar refractivity (Wildman–Crippen MR) is 74.5 cm³/mol. The Morgan fingerprint density at radius 2 is 2.00 bits per heavy atom. The number of rotatable bonds is 3. The number of hydrogen-bond acceptors (Lipinski definition) is 3. The summed E-state index contributed by atoms with van der Waals surface area (Å²) < 4.78 is 1.11. The van der Waals surface area contributed by atoms with Gasteiger partial charge in [0.2, 0.25) is 0 Å². The normalized spacial score (nSPS) is 11.7. The molecule has 0 aliphatic heterocycles. The Balaban J connectivity index is 2.35. The van der Waals surface area contributed by atoms with E-state index in [9.17, 15) is 9.59 Å². The summed E-state index contributed by atoms with van der Waals surface area (Å²) in [5, 5.41) is 13.2. The summed E-state index contributed by atoms with van der Waals surface area (Å²) in [7, 11) is 0.